The van der Waals surface area contributed by atoms with Gasteiger partial charge in [-0.1, -0.05) is 122 Å². The lowest BCUT2D eigenvalue weighted by molar-refractivity contribution is 0.515. The van der Waals surface area contributed by atoms with Crippen molar-refractivity contribution in [2.24, 2.45) is 0 Å². The highest BCUT2D eigenvalue weighted by Crippen LogP contribution is 2.44. The fraction of sp³-hybridized carbons (Fsp3) is 0. The van der Waals surface area contributed by atoms with Crippen molar-refractivity contribution in [3.8, 4) is 22.6 Å². The molecule has 45 heavy (non-hydrogen) atoms. The zero-order valence-electron chi connectivity index (χ0n) is 24.4. The molecule has 1 aliphatic rings. The van der Waals surface area contributed by atoms with Crippen LogP contribution >= 0.6 is 11.3 Å². The Hall–Kier alpha value is -5.64. The number of fused-ring (bicyclic) bond motifs is 8. The quantitative estimate of drug-likeness (QED) is 0.199. The third-order valence-corrected chi connectivity index (χ3v) is 10.00. The number of hydrogen-bond acceptors (Lipinski definition) is 2. The summed E-state index contributed by atoms with van der Waals surface area (Å²) in [5, 5.41) is 5.24. The minimum Gasteiger partial charge on any atom is -0.455 e. The van der Waals surface area contributed by atoms with E-state index in [1.54, 1.807) is 0 Å². The van der Waals surface area contributed by atoms with Crippen LogP contribution in [0.15, 0.2) is 158 Å². The van der Waals surface area contributed by atoms with Crippen molar-refractivity contribution in [3.63, 3.8) is 0 Å². The summed E-state index contributed by atoms with van der Waals surface area (Å²) >= 11 is 1.89. The first kappa shape index (κ1) is 25.8. The van der Waals surface area contributed by atoms with Crippen molar-refractivity contribution in [2.75, 3.05) is 0 Å². The second-order valence-corrected chi connectivity index (χ2v) is 12.5. The smallest absolute Gasteiger partial charge is 0.143 e. The topological polar surface area (TPSA) is 14.2 Å². The van der Waals surface area contributed by atoms with E-state index in [0.29, 0.717) is 0 Å². The van der Waals surface area contributed by atoms with E-state index in [2.05, 4.69) is 126 Å². The van der Waals surface area contributed by atoms with Crippen LogP contribution in [0.5, 0.6) is 5.75 Å². The fourth-order valence-electron chi connectivity index (χ4n) is 6.67. The highest BCUT2D eigenvalue weighted by molar-refractivity contribution is 7.26. The minimum absolute atomic E-state index is 0.808. The highest BCUT2D eigenvalue weighted by Gasteiger charge is 2.19. The molecule has 0 aliphatic carbocycles. The number of nitrogens with zero attached hydrogens (tertiary/aromatic N) is 1. The third-order valence-electron chi connectivity index (χ3n) is 8.79. The monoisotopic (exact) mass is 593 g/mol. The van der Waals surface area contributed by atoms with Gasteiger partial charge in [-0.05, 0) is 47.5 Å². The molecule has 1 aliphatic heterocycles. The maximum absolute atomic E-state index is 6.71. The van der Waals surface area contributed by atoms with Crippen LogP contribution in [0.4, 0.5) is 0 Å². The molecule has 2 aromatic heterocycles. The molecule has 3 heteroatoms. The summed E-state index contributed by atoms with van der Waals surface area (Å²) < 4.78 is 11.8. The predicted molar refractivity (Wildman–Crippen MR) is 192 cm³/mol. The molecule has 0 atom stereocenters. The lowest BCUT2D eigenvalue weighted by atomic mass is 9.96. The van der Waals surface area contributed by atoms with Gasteiger partial charge in [0.15, 0.2) is 0 Å². The molecule has 0 bridgehead atoms. The SMILES string of the molecule is C=C1/C=C\C=C(\c2ccccc2)Oc2c1cccc2-c1ccc(-n2c3ccccc3c3c4sc5ccccc5c4ccc32)cc1. The number of hydrogen-bond donors (Lipinski definition) is 0. The number of para-hydroxylation sites is 2. The zero-order valence-corrected chi connectivity index (χ0v) is 25.2. The predicted octanol–water partition coefficient (Wildman–Crippen LogP) is 11.8. The van der Waals surface area contributed by atoms with Crippen LogP contribution in [-0.2, 0) is 0 Å². The van der Waals surface area contributed by atoms with Gasteiger partial charge in [-0.3, -0.25) is 0 Å². The van der Waals surface area contributed by atoms with E-state index < -0.39 is 0 Å². The van der Waals surface area contributed by atoms with Gasteiger partial charge in [0.1, 0.15) is 11.5 Å². The first-order valence-electron chi connectivity index (χ1n) is 15.1. The van der Waals surface area contributed by atoms with Gasteiger partial charge >= 0.3 is 0 Å². The number of aromatic nitrogens is 1. The summed E-state index contributed by atoms with van der Waals surface area (Å²) in [6, 6.07) is 47.5. The van der Waals surface area contributed by atoms with Crippen LogP contribution in [0, 0.1) is 0 Å². The van der Waals surface area contributed by atoms with E-state index in [9.17, 15) is 0 Å². The Morgan fingerprint density at radius 3 is 2.20 bits per heavy atom. The Labute approximate surface area is 265 Å². The van der Waals surface area contributed by atoms with Crippen LogP contribution in [-0.4, -0.2) is 4.57 Å². The minimum atomic E-state index is 0.808. The van der Waals surface area contributed by atoms with E-state index >= 15 is 0 Å². The second kappa shape index (κ2) is 10.2. The fourth-order valence-corrected chi connectivity index (χ4v) is 7.93. The van der Waals surface area contributed by atoms with Crippen molar-refractivity contribution in [1.82, 2.24) is 4.57 Å². The van der Waals surface area contributed by atoms with E-state index in [0.717, 1.165) is 45.0 Å². The molecule has 0 spiro atoms. The van der Waals surface area contributed by atoms with Gasteiger partial charge in [0.25, 0.3) is 0 Å². The Morgan fingerprint density at radius 1 is 0.578 bits per heavy atom. The normalized spacial score (nSPS) is 15.0. The Morgan fingerprint density at radius 2 is 1.33 bits per heavy atom. The van der Waals surface area contributed by atoms with Crippen molar-refractivity contribution in [3.05, 3.63) is 169 Å². The molecular weight excluding hydrogens is 567 g/mol. The molecule has 0 amide bonds. The van der Waals surface area contributed by atoms with Crippen molar-refractivity contribution in [1.29, 1.82) is 0 Å². The maximum Gasteiger partial charge on any atom is 0.143 e. The lowest BCUT2D eigenvalue weighted by Gasteiger charge is -2.20. The Balaban J connectivity index is 1.19. The van der Waals surface area contributed by atoms with Crippen LogP contribution in [0.2, 0.25) is 0 Å². The van der Waals surface area contributed by atoms with Crippen molar-refractivity contribution >= 4 is 64.6 Å². The van der Waals surface area contributed by atoms with Crippen molar-refractivity contribution < 1.29 is 4.74 Å². The molecule has 0 unspecified atom stereocenters. The van der Waals surface area contributed by atoms with Gasteiger partial charge in [-0.25, -0.2) is 0 Å². The van der Waals surface area contributed by atoms with Crippen LogP contribution in [0.3, 0.4) is 0 Å². The number of thiophene rings is 1. The molecule has 0 fully saturated rings. The molecule has 9 rings (SSSR count). The van der Waals surface area contributed by atoms with E-state index in [1.165, 1.54) is 42.0 Å². The van der Waals surface area contributed by atoms with E-state index in [4.69, 9.17) is 4.74 Å². The third kappa shape index (κ3) is 4.09. The van der Waals surface area contributed by atoms with Gasteiger partial charge in [-0.15, -0.1) is 11.3 Å². The number of benzene rings is 6. The average molecular weight is 594 g/mol. The summed E-state index contributed by atoms with van der Waals surface area (Å²) in [5.41, 5.74) is 8.62. The summed E-state index contributed by atoms with van der Waals surface area (Å²) in [4.78, 5) is 0. The number of ether oxygens (including phenoxy) is 1. The molecule has 0 saturated carbocycles. The van der Waals surface area contributed by atoms with Crippen LogP contribution < -0.4 is 4.74 Å². The average Bonchev–Trinajstić information content (AvgIpc) is 3.63. The van der Waals surface area contributed by atoms with Gasteiger partial charge in [0, 0.05) is 53.3 Å². The van der Waals surface area contributed by atoms with Crippen LogP contribution in [0.1, 0.15) is 11.1 Å². The van der Waals surface area contributed by atoms with Gasteiger partial charge in [-0.2, -0.15) is 0 Å². The standard InChI is InChI=1S/C42H27NOS/c1-27-11-9-19-38(29-12-3-2-4-13-29)44-41-31(27)16-10-17-32(41)28-21-23-30(24-22-28)43-36-18-7-5-15-35(36)40-37(43)26-25-34-33-14-6-8-20-39(33)45-42(34)40/h2-26H,1H2/b11-9-,38-19-. The molecule has 0 N–H and O–H groups in total. The Kier molecular flexibility index (Phi) is 5.87. The molecule has 0 radical (unpaired) electrons. The molecule has 8 aromatic rings. The molecule has 6 aromatic carbocycles. The second-order valence-electron chi connectivity index (χ2n) is 11.4. The van der Waals surface area contributed by atoms with Crippen molar-refractivity contribution in [2.45, 2.75) is 0 Å². The molecule has 3 heterocycles. The van der Waals surface area contributed by atoms with E-state index in [-0.39, 0.29) is 0 Å². The molecular formula is C42H27NOS. The molecule has 212 valence electrons. The van der Waals surface area contributed by atoms with Gasteiger partial charge in [0.2, 0.25) is 0 Å². The highest BCUT2D eigenvalue weighted by atomic mass is 32.1. The van der Waals surface area contributed by atoms with Crippen LogP contribution in [0.25, 0.3) is 70.1 Å². The zero-order chi connectivity index (χ0) is 29.9. The van der Waals surface area contributed by atoms with Gasteiger partial charge < -0.3 is 9.30 Å². The Bertz CT molecular complexity index is 2510. The number of allylic oxidation sites excluding steroid dienone is 4. The lowest BCUT2D eigenvalue weighted by Crippen LogP contribution is -2.01. The summed E-state index contributed by atoms with van der Waals surface area (Å²) in [7, 11) is 0. The maximum atomic E-state index is 6.71. The summed E-state index contributed by atoms with van der Waals surface area (Å²) in [5.74, 6) is 1.63. The first-order chi connectivity index (χ1) is 22.2. The number of rotatable bonds is 3. The largest absolute Gasteiger partial charge is 0.455 e. The summed E-state index contributed by atoms with van der Waals surface area (Å²) in [6.07, 6.45) is 6.07. The summed E-state index contributed by atoms with van der Waals surface area (Å²) in [6.45, 7) is 4.33. The molecule has 2 nitrogen and oxygen atoms in total. The molecule has 0 saturated heterocycles. The van der Waals surface area contributed by atoms with E-state index in [1.807, 2.05) is 47.8 Å². The first-order valence-corrected chi connectivity index (χ1v) is 15.9. The van der Waals surface area contributed by atoms with Gasteiger partial charge in [0.05, 0.1) is 11.0 Å².